The maximum absolute atomic E-state index is 9.44. The summed E-state index contributed by atoms with van der Waals surface area (Å²) in [5.74, 6) is 0. The molecule has 1 fully saturated rings. The number of ether oxygens (including phenoxy) is 1. The summed E-state index contributed by atoms with van der Waals surface area (Å²) in [6, 6.07) is 0.405. The fourth-order valence-electron chi connectivity index (χ4n) is 1.92. The van der Waals surface area contributed by atoms with Gasteiger partial charge in [-0.05, 0) is 13.3 Å². The lowest BCUT2D eigenvalue weighted by Crippen LogP contribution is -2.22. The van der Waals surface area contributed by atoms with Gasteiger partial charge >= 0.3 is 6.01 Å². The van der Waals surface area contributed by atoms with E-state index in [9.17, 15) is 5.11 Å². The van der Waals surface area contributed by atoms with Crippen molar-refractivity contribution in [2.24, 2.45) is 0 Å². The van der Waals surface area contributed by atoms with Gasteiger partial charge in [0.1, 0.15) is 0 Å². The van der Waals surface area contributed by atoms with Crippen molar-refractivity contribution >= 4 is 0 Å². The topological polar surface area (TPSA) is 58.5 Å². The molecule has 0 spiro atoms. The molecule has 1 atom stereocenters. The number of hydrogen-bond donors (Lipinski definition) is 1. The van der Waals surface area contributed by atoms with E-state index in [1.165, 1.54) is 0 Å². The minimum atomic E-state index is -0.181. The van der Waals surface area contributed by atoms with Crippen molar-refractivity contribution in [3.63, 3.8) is 0 Å². The molecule has 2 rings (SSSR count). The molecule has 0 radical (unpaired) electrons. The van der Waals surface area contributed by atoms with Gasteiger partial charge in [-0.3, -0.25) is 4.90 Å². The molecule has 1 unspecified atom stereocenters. The number of likely N-dealkylation sites (tertiary alicyclic amines) is 1. The van der Waals surface area contributed by atoms with E-state index in [0.717, 1.165) is 37.3 Å². The highest BCUT2D eigenvalue weighted by Gasteiger charge is 2.20. The van der Waals surface area contributed by atoms with E-state index in [1.807, 2.05) is 6.92 Å². The molecule has 1 aliphatic rings. The van der Waals surface area contributed by atoms with Gasteiger partial charge in [0.2, 0.25) is 0 Å². The van der Waals surface area contributed by atoms with E-state index < -0.39 is 0 Å². The lowest BCUT2D eigenvalue weighted by atomic mass is 10.2. The normalized spacial score (nSPS) is 21.3. The zero-order chi connectivity index (χ0) is 11.5. The van der Waals surface area contributed by atoms with Gasteiger partial charge in [-0.1, -0.05) is 0 Å². The molecule has 2 heterocycles. The summed E-state index contributed by atoms with van der Waals surface area (Å²) in [4.78, 5) is 10.5. The summed E-state index contributed by atoms with van der Waals surface area (Å²) >= 11 is 0. The van der Waals surface area contributed by atoms with Crippen LogP contribution in [0.15, 0.2) is 6.20 Å². The van der Waals surface area contributed by atoms with Crippen LogP contribution in [0.4, 0.5) is 0 Å². The van der Waals surface area contributed by atoms with Crippen LogP contribution in [0, 0.1) is 6.92 Å². The van der Waals surface area contributed by atoms with Crippen molar-refractivity contribution < 1.29 is 9.84 Å². The van der Waals surface area contributed by atoms with Crippen LogP contribution in [-0.4, -0.2) is 46.3 Å². The molecular formula is C11H17N3O2. The third-order valence-electron chi connectivity index (χ3n) is 2.88. The lowest BCUT2D eigenvalue weighted by molar-refractivity contribution is 0.174. The SMILES string of the molecule is COc1ncc(CN2CCC(O)C2)c(C)n1. The second-order valence-corrected chi connectivity index (χ2v) is 4.14. The standard InChI is InChI=1S/C11H17N3O2/c1-8-9(5-12-11(13-8)16-2)6-14-4-3-10(15)7-14/h5,10,15H,3-4,6-7H2,1-2H3. The number of β-amino-alcohol motifs (C(OH)–C–C–N with tert-alkyl or cyclic N) is 1. The molecule has 88 valence electrons. The Hall–Kier alpha value is -1.20. The van der Waals surface area contributed by atoms with E-state index in [2.05, 4.69) is 14.9 Å². The van der Waals surface area contributed by atoms with Gasteiger partial charge in [0.25, 0.3) is 0 Å². The van der Waals surface area contributed by atoms with Crippen LogP contribution in [0.5, 0.6) is 6.01 Å². The summed E-state index contributed by atoms with van der Waals surface area (Å²) in [5.41, 5.74) is 2.03. The van der Waals surface area contributed by atoms with Crippen molar-refractivity contribution in [3.05, 3.63) is 17.5 Å². The van der Waals surface area contributed by atoms with Gasteiger partial charge in [0, 0.05) is 37.1 Å². The molecule has 5 nitrogen and oxygen atoms in total. The molecule has 1 saturated heterocycles. The average Bonchev–Trinajstić information content (AvgIpc) is 2.67. The van der Waals surface area contributed by atoms with Crippen molar-refractivity contribution in [2.75, 3.05) is 20.2 Å². The second-order valence-electron chi connectivity index (χ2n) is 4.14. The molecule has 1 aromatic rings. The zero-order valence-electron chi connectivity index (χ0n) is 9.68. The maximum atomic E-state index is 9.44. The predicted octanol–water partition coefficient (Wildman–Crippen LogP) is 0.360. The molecule has 0 saturated carbocycles. The second kappa shape index (κ2) is 4.76. The number of hydrogen-bond acceptors (Lipinski definition) is 5. The third-order valence-corrected chi connectivity index (χ3v) is 2.88. The Morgan fingerprint density at radius 1 is 1.62 bits per heavy atom. The Balaban J connectivity index is 2.04. The number of aryl methyl sites for hydroxylation is 1. The molecule has 16 heavy (non-hydrogen) atoms. The molecule has 0 aliphatic carbocycles. The van der Waals surface area contributed by atoms with Crippen LogP contribution >= 0.6 is 0 Å². The number of rotatable bonds is 3. The largest absolute Gasteiger partial charge is 0.467 e. The van der Waals surface area contributed by atoms with E-state index in [-0.39, 0.29) is 6.10 Å². The molecule has 5 heteroatoms. The number of aromatic nitrogens is 2. The van der Waals surface area contributed by atoms with Crippen molar-refractivity contribution in [3.8, 4) is 6.01 Å². The summed E-state index contributed by atoms with van der Waals surface area (Å²) in [5, 5.41) is 9.44. The highest BCUT2D eigenvalue weighted by Crippen LogP contribution is 2.15. The summed E-state index contributed by atoms with van der Waals surface area (Å²) in [6.45, 7) is 4.43. The number of aliphatic hydroxyl groups excluding tert-OH is 1. The minimum absolute atomic E-state index is 0.181. The van der Waals surface area contributed by atoms with Crippen LogP contribution in [0.25, 0.3) is 0 Å². The van der Waals surface area contributed by atoms with Gasteiger partial charge in [0.05, 0.1) is 13.2 Å². The first-order chi connectivity index (χ1) is 7.69. The summed E-state index contributed by atoms with van der Waals surface area (Å²) < 4.78 is 4.96. The fourth-order valence-corrected chi connectivity index (χ4v) is 1.92. The quantitative estimate of drug-likeness (QED) is 0.801. The van der Waals surface area contributed by atoms with E-state index in [1.54, 1.807) is 13.3 Å². The van der Waals surface area contributed by atoms with E-state index in [4.69, 9.17) is 4.74 Å². The Morgan fingerprint density at radius 2 is 2.44 bits per heavy atom. The number of aliphatic hydroxyl groups is 1. The monoisotopic (exact) mass is 223 g/mol. The Kier molecular flexibility index (Phi) is 3.36. The van der Waals surface area contributed by atoms with Crippen molar-refractivity contribution in [1.29, 1.82) is 0 Å². The smallest absolute Gasteiger partial charge is 0.316 e. The van der Waals surface area contributed by atoms with Crippen LogP contribution in [0.2, 0.25) is 0 Å². The molecule has 0 aromatic carbocycles. The van der Waals surface area contributed by atoms with E-state index >= 15 is 0 Å². The van der Waals surface area contributed by atoms with Crippen LogP contribution in [-0.2, 0) is 6.54 Å². The molecule has 1 aliphatic heterocycles. The highest BCUT2D eigenvalue weighted by molar-refractivity contribution is 5.17. The molecule has 1 aromatic heterocycles. The van der Waals surface area contributed by atoms with Gasteiger partial charge < -0.3 is 9.84 Å². The lowest BCUT2D eigenvalue weighted by Gasteiger charge is -2.15. The maximum Gasteiger partial charge on any atom is 0.316 e. The first-order valence-corrected chi connectivity index (χ1v) is 5.46. The van der Waals surface area contributed by atoms with Gasteiger partial charge in [-0.15, -0.1) is 0 Å². The molecule has 0 amide bonds. The average molecular weight is 223 g/mol. The van der Waals surface area contributed by atoms with Gasteiger partial charge in [-0.25, -0.2) is 9.97 Å². The van der Waals surface area contributed by atoms with Crippen molar-refractivity contribution in [2.45, 2.75) is 26.0 Å². The first kappa shape index (κ1) is 11.3. The van der Waals surface area contributed by atoms with Crippen LogP contribution in [0.3, 0.4) is 0 Å². The van der Waals surface area contributed by atoms with Gasteiger partial charge in [0.15, 0.2) is 0 Å². The predicted molar refractivity (Wildman–Crippen MR) is 59.2 cm³/mol. The third kappa shape index (κ3) is 2.48. The zero-order valence-corrected chi connectivity index (χ0v) is 9.68. The number of nitrogens with zero attached hydrogens (tertiary/aromatic N) is 3. The van der Waals surface area contributed by atoms with Gasteiger partial charge in [-0.2, -0.15) is 0 Å². The first-order valence-electron chi connectivity index (χ1n) is 5.46. The van der Waals surface area contributed by atoms with Crippen LogP contribution in [0.1, 0.15) is 17.7 Å². The van der Waals surface area contributed by atoms with E-state index in [0.29, 0.717) is 6.01 Å². The minimum Gasteiger partial charge on any atom is -0.467 e. The van der Waals surface area contributed by atoms with Crippen molar-refractivity contribution in [1.82, 2.24) is 14.9 Å². The number of methoxy groups -OCH3 is 1. The molecular weight excluding hydrogens is 206 g/mol. The summed E-state index contributed by atoms with van der Waals surface area (Å²) in [6.07, 6.45) is 2.47. The van der Waals surface area contributed by atoms with Crippen LogP contribution < -0.4 is 4.74 Å². The summed E-state index contributed by atoms with van der Waals surface area (Å²) in [7, 11) is 1.56. The Labute approximate surface area is 95.1 Å². The molecule has 1 N–H and O–H groups in total. The fraction of sp³-hybridized carbons (Fsp3) is 0.636. The highest BCUT2D eigenvalue weighted by atomic mass is 16.5. The Morgan fingerprint density at radius 3 is 3.00 bits per heavy atom. The Bertz CT molecular complexity index is 370. The molecule has 0 bridgehead atoms.